The lowest BCUT2D eigenvalue weighted by Gasteiger charge is -2.15. The highest BCUT2D eigenvalue weighted by Crippen LogP contribution is 2.27. The molecule has 0 aliphatic heterocycles. The predicted molar refractivity (Wildman–Crippen MR) is 99.8 cm³/mol. The van der Waals surface area contributed by atoms with E-state index in [1.165, 1.54) is 6.07 Å². The zero-order valence-corrected chi connectivity index (χ0v) is 15.9. The van der Waals surface area contributed by atoms with E-state index in [-0.39, 0.29) is 11.6 Å². The Kier molecular flexibility index (Phi) is 7.38. The molecule has 0 aliphatic carbocycles. The first-order valence-corrected chi connectivity index (χ1v) is 8.57. The molecule has 2 rings (SSSR count). The van der Waals surface area contributed by atoms with Gasteiger partial charge in [0.1, 0.15) is 11.5 Å². The van der Waals surface area contributed by atoms with Gasteiger partial charge in [0.15, 0.2) is 12.7 Å². The summed E-state index contributed by atoms with van der Waals surface area (Å²) in [5, 5.41) is 1.29. The summed E-state index contributed by atoms with van der Waals surface area (Å²) in [6.07, 6.45) is -0.830. The van der Waals surface area contributed by atoms with Gasteiger partial charge in [0.25, 0.3) is 11.8 Å². The van der Waals surface area contributed by atoms with Crippen LogP contribution in [-0.4, -0.2) is 24.5 Å². The van der Waals surface area contributed by atoms with Crippen molar-refractivity contribution in [3.63, 3.8) is 0 Å². The van der Waals surface area contributed by atoms with Crippen LogP contribution >= 0.6 is 34.8 Å². The van der Waals surface area contributed by atoms with Crippen LogP contribution in [0.2, 0.25) is 15.1 Å². The van der Waals surface area contributed by atoms with Crippen molar-refractivity contribution in [2.75, 3.05) is 6.61 Å². The average Bonchev–Trinajstić information content (AvgIpc) is 2.60. The van der Waals surface area contributed by atoms with Crippen molar-refractivity contribution in [1.82, 2.24) is 10.9 Å². The molecule has 0 aliphatic rings. The van der Waals surface area contributed by atoms with Crippen molar-refractivity contribution >= 4 is 46.6 Å². The normalized spacial score (nSPS) is 11.4. The summed E-state index contributed by atoms with van der Waals surface area (Å²) in [6, 6.07) is 11.2. The van der Waals surface area contributed by atoms with E-state index in [1.807, 2.05) is 0 Å². The molecule has 26 heavy (non-hydrogen) atoms. The molecule has 2 aromatic rings. The highest BCUT2D eigenvalue weighted by Gasteiger charge is 2.15. The number of ether oxygens (including phenoxy) is 2. The summed E-state index contributed by atoms with van der Waals surface area (Å²) >= 11 is 17.5. The van der Waals surface area contributed by atoms with Crippen LogP contribution in [0.15, 0.2) is 42.5 Å². The second-order valence-corrected chi connectivity index (χ2v) is 6.39. The number of halogens is 3. The highest BCUT2D eigenvalue weighted by molar-refractivity contribution is 6.35. The van der Waals surface area contributed by atoms with Crippen LogP contribution in [-0.2, 0) is 9.59 Å². The van der Waals surface area contributed by atoms with Gasteiger partial charge in [0, 0.05) is 10.0 Å². The predicted octanol–water partition coefficient (Wildman–Crippen LogP) is 3.64. The Bertz CT molecular complexity index is 784. The Morgan fingerprint density at radius 2 is 1.65 bits per heavy atom. The molecule has 0 saturated carbocycles. The lowest BCUT2D eigenvalue weighted by Crippen LogP contribution is -2.48. The van der Waals surface area contributed by atoms with Crippen molar-refractivity contribution in [1.29, 1.82) is 0 Å². The summed E-state index contributed by atoms with van der Waals surface area (Å²) in [6.45, 7) is 1.20. The number of carbonyl (C=O) groups is 2. The minimum absolute atomic E-state index is 0.277. The van der Waals surface area contributed by atoms with Gasteiger partial charge in [0.2, 0.25) is 0 Å². The van der Waals surface area contributed by atoms with Crippen molar-refractivity contribution in [3.8, 4) is 11.5 Å². The van der Waals surface area contributed by atoms with Crippen LogP contribution in [0, 0.1) is 0 Å². The monoisotopic (exact) mass is 416 g/mol. The Labute approximate surface area is 165 Å². The number of benzene rings is 2. The van der Waals surface area contributed by atoms with Crippen LogP contribution in [0.25, 0.3) is 0 Å². The fourth-order valence-corrected chi connectivity index (χ4v) is 2.36. The van der Waals surface area contributed by atoms with E-state index in [0.717, 1.165) is 0 Å². The van der Waals surface area contributed by atoms with Crippen LogP contribution in [0.1, 0.15) is 6.92 Å². The third-order valence-corrected chi connectivity index (χ3v) is 3.86. The molecule has 0 aromatic heterocycles. The molecule has 0 spiro atoms. The minimum Gasteiger partial charge on any atom is -0.482 e. The molecule has 138 valence electrons. The second kappa shape index (κ2) is 9.52. The van der Waals surface area contributed by atoms with E-state index in [9.17, 15) is 9.59 Å². The number of hydrazine groups is 1. The molecule has 0 radical (unpaired) electrons. The van der Waals surface area contributed by atoms with Gasteiger partial charge in [-0.3, -0.25) is 20.4 Å². The topological polar surface area (TPSA) is 76.7 Å². The van der Waals surface area contributed by atoms with Gasteiger partial charge >= 0.3 is 0 Å². The first-order valence-electron chi connectivity index (χ1n) is 7.44. The molecule has 0 saturated heterocycles. The Morgan fingerprint density at radius 1 is 1.00 bits per heavy atom. The van der Waals surface area contributed by atoms with E-state index in [2.05, 4.69) is 10.9 Å². The summed E-state index contributed by atoms with van der Waals surface area (Å²) in [5.74, 6) is -0.318. The third kappa shape index (κ3) is 6.29. The molecular formula is C17H15Cl3N2O4. The quantitative estimate of drug-likeness (QED) is 0.704. The first-order chi connectivity index (χ1) is 12.3. The maximum absolute atomic E-state index is 11.9. The summed E-state index contributed by atoms with van der Waals surface area (Å²) in [4.78, 5) is 23.7. The fraction of sp³-hybridized carbons (Fsp3) is 0.176. The standard InChI is InChI=1S/C17H15Cl3N2O4/c1-10(26-13-5-2-11(18)3-6-13)17(24)22-21-16(23)9-25-15-7-4-12(19)8-14(15)20/h2-8,10H,9H2,1H3,(H,21,23)(H,22,24). The summed E-state index contributed by atoms with van der Waals surface area (Å²) in [7, 11) is 0. The molecule has 0 bridgehead atoms. The molecule has 2 N–H and O–H groups in total. The molecule has 6 nitrogen and oxygen atoms in total. The van der Waals surface area contributed by atoms with Gasteiger partial charge in [-0.15, -0.1) is 0 Å². The lowest BCUT2D eigenvalue weighted by molar-refractivity contribution is -0.133. The number of nitrogens with one attached hydrogen (secondary N) is 2. The molecule has 1 atom stereocenters. The largest absolute Gasteiger partial charge is 0.482 e. The first kappa shape index (κ1) is 20.2. The maximum Gasteiger partial charge on any atom is 0.279 e. The molecule has 2 amide bonds. The van der Waals surface area contributed by atoms with Gasteiger partial charge < -0.3 is 9.47 Å². The van der Waals surface area contributed by atoms with E-state index in [1.54, 1.807) is 43.3 Å². The smallest absolute Gasteiger partial charge is 0.279 e. The zero-order valence-electron chi connectivity index (χ0n) is 13.6. The van der Waals surface area contributed by atoms with Crippen LogP contribution in [0.3, 0.4) is 0 Å². The molecule has 2 aromatic carbocycles. The van der Waals surface area contributed by atoms with Crippen molar-refractivity contribution in [2.24, 2.45) is 0 Å². The number of amides is 2. The lowest BCUT2D eigenvalue weighted by atomic mass is 10.3. The van der Waals surface area contributed by atoms with Crippen LogP contribution < -0.4 is 20.3 Å². The van der Waals surface area contributed by atoms with E-state index in [4.69, 9.17) is 44.3 Å². The van der Waals surface area contributed by atoms with E-state index >= 15 is 0 Å². The highest BCUT2D eigenvalue weighted by atomic mass is 35.5. The molecular weight excluding hydrogens is 403 g/mol. The van der Waals surface area contributed by atoms with E-state index in [0.29, 0.717) is 21.5 Å². The van der Waals surface area contributed by atoms with Crippen LogP contribution in [0.5, 0.6) is 11.5 Å². The zero-order chi connectivity index (χ0) is 19.1. The van der Waals surface area contributed by atoms with Crippen molar-refractivity contribution in [3.05, 3.63) is 57.5 Å². The van der Waals surface area contributed by atoms with Crippen molar-refractivity contribution < 1.29 is 19.1 Å². The number of hydrogen-bond acceptors (Lipinski definition) is 4. The van der Waals surface area contributed by atoms with Crippen LogP contribution in [0.4, 0.5) is 0 Å². The second-order valence-electron chi connectivity index (χ2n) is 5.11. The molecule has 0 heterocycles. The summed E-state index contributed by atoms with van der Waals surface area (Å²) in [5.41, 5.74) is 4.48. The molecule has 0 fully saturated rings. The third-order valence-electron chi connectivity index (χ3n) is 3.07. The number of carbonyl (C=O) groups excluding carboxylic acids is 2. The van der Waals surface area contributed by atoms with E-state index < -0.39 is 17.9 Å². The Morgan fingerprint density at radius 3 is 2.31 bits per heavy atom. The molecule has 9 heteroatoms. The SMILES string of the molecule is CC(Oc1ccc(Cl)cc1)C(=O)NNC(=O)COc1ccc(Cl)cc1Cl. The van der Waals surface area contributed by atoms with Gasteiger partial charge in [-0.1, -0.05) is 34.8 Å². The van der Waals surface area contributed by atoms with Crippen molar-refractivity contribution in [2.45, 2.75) is 13.0 Å². The van der Waals surface area contributed by atoms with Gasteiger partial charge in [-0.25, -0.2) is 0 Å². The van der Waals surface area contributed by atoms with Gasteiger partial charge in [-0.05, 0) is 49.4 Å². The number of rotatable bonds is 6. The minimum atomic E-state index is -0.830. The number of hydrogen-bond donors (Lipinski definition) is 2. The van der Waals surface area contributed by atoms with Gasteiger partial charge in [-0.2, -0.15) is 0 Å². The molecule has 1 unspecified atom stereocenters. The maximum atomic E-state index is 11.9. The Balaban J connectivity index is 1.75. The fourth-order valence-electron chi connectivity index (χ4n) is 1.78. The Hall–Kier alpha value is -2.15. The van der Waals surface area contributed by atoms with Gasteiger partial charge in [0.05, 0.1) is 5.02 Å². The average molecular weight is 418 g/mol. The summed E-state index contributed by atoms with van der Waals surface area (Å²) < 4.78 is 10.7.